The van der Waals surface area contributed by atoms with E-state index < -0.39 is 29.9 Å². The van der Waals surface area contributed by atoms with Crippen LogP contribution in [0.2, 0.25) is 0 Å². The van der Waals surface area contributed by atoms with Crippen LogP contribution in [0.15, 0.2) is 21.2 Å². The van der Waals surface area contributed by atoms with Crippen molar-refractivity contribution in [2.45, 2.75) is 32.4 Å². The molecule has 0 saturated heterocycles. The Labute approximate surface area is 119 Å². The number of amidine groups is 1. The summed E-state index contributed by atoms with van der Waals surface area (Å²) in [4.78, 5) is 18.1. The van der Waals surface area contributed by atoms with Crippen LogP contribution in [-0.4, -0.2) is 29.8 Å². The zero-order valence-electron chi connectivity index (χ0n) is 10.7. The summed E-state index contributed by atoms with van der Waals surface area (Å²) in [5.74, 6) is -2.94. The monoisotopic (exact) mass is 310 g/mol. The molecule has 1 aliphatic carbocycles. The number of rotatable bonds is 5. The van der Waals surface area contributed by atoms with Crippen molar-refractivity contribution in [2.75, 3.05) is 0 Å². The molecule has 1 rings (SSSR count). The lowest BCUT2D eigenvalue weighted by molar-refractivity contribution is -0.197. The molecular formula is C12H14ClF3N2O2. The van der Waals surface area contributed by atoms with E-state index in [0.717, 1.165) is 6.20 Å². The highest BCUT2D eigenvalue weighted by atomic mass is 35.5. The van der Waals surface area contributed by atoms with Gasteiger partial charge in [0.1, 0.15) is 5.84 Å². The van der Waals surface area contributed by atoms with Crippen LogP contribution in [0.5, 0.6) is 0 Å². The fraction of sp³-hybridized carbons (Fsp3) is 0.583. The maximum absolute atomic E-state index is 13.1. The first-order valence-corrected chi connectivity index (χ1v) is 6.17. The number of nitrogens with zero attached hydrogens (tertiary/aromatic N) is 2. The SMILES string of the molecule is C=N/C(=N\C=C(/C)Cl)C(CC(=O)O)C1(C(F)(F)F)CC1. The summed E-state index contributed by atoms with van der Waals surface area (Å²) >= 11 is 5.56. The van der Waals surface area contributed by atoms with Crippen LogP contribution in [0.4, 0.5) is 13.2 Å². The van der Waals surface area contributed by atoms with Gasteiger partial charge in [0.15, 0.2) is 0 Å². The van der Waals surface area contributed by atoms with E-state index in [2.05, 4.69) is 16.7 Å². The van der Waals surface area contributed by atoms with Gasteiger partial charge < -0.3 is 5.11 Å². The van der Waals surface area contributed by atoms with Crippen LogP contribution < -0.4 is 0 Å². The van der Waals surface area contributed by atoms with Crippen molar-refractivity contribution in [3.05, 3.63) is 11.2 Å². The van der Waals surface area contributed by atoms with Crippen LogP contribution in [-0.2, 0) is 4.79 Å². The first-order chi connectivity index (χ1) is 9.14. The molecule has 1 N–H and O–H groups in total. The molecule has 1 aliphatic rings. The Morgan fingerprint density at radius 2 is 2.10 bits per heavy atom. The van der Waals surface area contributed by atoms with Crippen molar-refractivity contribution < 1.29 is 23.1 Å². The Morgan fingerprint density at radius 3 is 2.40 bits per heavy atom. The lowest BCUT2D eigenvalue weighted by Gasteiger charge is -2.27. The zero-order chi connectivity index (χ0) is 15.6. The van der Waals surface area contributed by atoms with Gasteiger partial charge in [-0.25, -0.2) is 9.98 Å². The summed E-state index contributed by atoms with van der Waals surface area (Å²) in [6, 6.07) is 0. The van der Waals surface area contributed by atoms with E-state index >= 15 is 0 Å². The standard InChI is InChI=1S/C12H14ClF3N2O2/c1-7(13)6-18-10(17-2)8(5-9(19)20)11(3-4-11)12(14,15)16/h6,8H,2-5H2,1H3,(H,19,20)/b7-6+,18-10-. The van der Waals surface area contributed by atoms with Gasteiger partial charge in [-0.3, -0.25) is 4.79 Å². The van der Waals surface area contributed by atoms with E-state index in [-0.39, 0.29) is 23.7 Å². The summed E-state index contributed by atoms with van der Waals surface area (Å²) in [5, 5.41) is 9.08. The molecule has 0 aromatic rings. The van der Waals surface area contributed by atoms with Gasteiger partial charge in [-0.2, -0.15) is 13.2 Å². The molecule has 0 bridgehead atoms. The fourth-order valence-corrected chi connectivity index (χ4v) is 2.12. The van der Waals surface area contributed by atoms with Gasteiger partial charge in [-0.15, -0.1) is 0 Å². The van der Waals surface area contributed by atoms with E-state index in [0.29, 0.717) is 0 Å². The van der Waals surface area contributed by atoms with Crippen molar-refractivity contribution in [3.63, 3.8) is 0 Å². The number of aliphatic carboxylic acids is 1. The largest absolute Gasteiger partial charge is 0.481 e. The van der Waals surface area contributed by atoms with Crippen molar-refractivity contribution in [1.29, 1.82) is 0 Å². The van der Waals surface area contributed by atoms with E-state index in [1.165, 1.54) is 6.92 Å². The van der Waals surface area contributed by atoms with E-state index in [1.54, 1.807) is 0 Å². The molecule has 1 fully saturated rings. The Bertz CT molecular complexity index is 464. The van der Waals surface area contributed by atoms with Crippen LogP contribution >= 0.6 is 11.6 Å². The molecule has 0 spiro atoms. The highest BCUT2D eigenvalue weighted by molar-refractivity contribution is 6.29. The van der Waals surface area contributed by atoms with Gasteiger partial charge in [0.25, 0.3) is 0 Å². The van der Waals surface area contributed by atoms with Crippen LogP contribution in [0.3, 0.4) is 0 Å². The smallest absolute Gasteiger partial charge is 0.395 e. The van der Waals surface area contributed by atoms with Crippen molar-refractivity contribution in [2.24, 2.45) is 21.3 Å². The molecule has 1 atom stereocenters. The number of aliphatic imine (C=N–C) groups is 2. The molecule has 0 heterocycles. The lowest BCUT2D eigenvalue weighted by atomic mass is 9.84. The number of hydrogen-bond acceptors (Lipinski definition) is 2. The quantitative estimate of drug-likeness (QED) is 0.622. The minimum Gasteiger partial charge on any atom is -0.481 e. The average molecular weight is 311 g/mol. The number of alkyl halides is 3. The second kappa shape index (κ2) is 5.95. The molecule has 112 valence electrons. The van der Waals surface area contributed by atoms with Crippen molar-refractivity contribution >= 4 is 30.1 Å². The molecule has 0 amide bonds. The maximum atomic E-state index is 13.1. The molecule has 1 unspecified atom stereocenters. The normalized spacial score (nSPS) is 20.4. The fourth-order valence-electron chi connectivity index (χ4n) is 2.07. The number of hydrogen-bond donors (Lipinski definition) is 1. The van der Waals surface area contributed by atoms with Crippen molar-refractivity contribution in [3.8, 4) is 0 Å². The number of carboxylic acid groups (broad SMARTS) is 1. The first kappa shape index (κ1) is 16.7. The molecule has 20 heavy (non-hydrogen) atoms. The second-order valence-electron chi connectivity index (χ2n) is 4.67. The second-order valence-corrected chi connectivity index (χ2v) is 5.26. The predicted molar refractivity (Wildman–Crippen MR) is 70.1 cm³/mol. The summed E-state index contributed by atoms with van der Waals surface area (Å²) in [5.41, 5.74) is -2.07. The summed E-state index contributed by atoms with van der Waals surface area (Å²) in [6.07, 6.45) is -4.34. The van der Waals surface area contributed by atoms with Gasteiger partial charge in [0.2, 0.25) is 0 Å². The van der Waals surface area contributed by atoms with Gasteiger partial charge in [0, 0.05) is 17.2 Å². The number of halogens is 4. The molecule has 0 aromatic heterocycles. The molecule has 0 radical (unpaired) electrons. The number of allylic oxidation sites excluding steroid dienone is 1. The summed E-state index contributed by atoms with van der Waals surface area (Å²) in [6.45, 7) is 4.67. The summed E-state index contributed by atoms with van der Waals surface area (Å²) in [7, 11) is 0. The van der Waals surface area contributed by atoms with E-state index in [1.807, 2.05) is 0 Å². The van der Waals surface area contributed by atoms with Gasteiger partial charge >= 0.3 is 12.1 Å². The third-order valence-corrected chi connectivity index (χ3v) is 3.34. The average Bonchev–Trinajstić information content (AvgIpc) is 3.07. The van der Waals surface area contributed by atoms with Gasteiger partial charge in [-0.05, 0) is 26.5 Å². The lowest BCUT2D eigenvalue weighted by Crippen LogP contribution is -2.37. The highest BCUT2D eigenvalue weighted by Crippen LogP contribution is 2.63. The Balaban J connectivity index is 3.19. The Hall–Kier alpha value is -1.37. The van der Waals surface area contributed by atoms with Crippen LogP contribution in [0.25, 0.3) is 0 Å². The molecule has 8 heteroatoms. The summed E-state index contributed by atoms with van der Waals surface area (Å²) < 4.78 is 39.4. The number of carbonyl (C=O) groups is 1. The Kier molecular flexibility index (Phi) is 4.96. The van der Waals surface area contributed by atoms with Gasteiger partial charge in [-0.1, -0.05) is 11.6 Å². The van der Waals surface area contributed by atoms with Crippen LogP contribution in [0.1, 0.15) is 26.2 Å². The molecular weight excluding hydrogens is 297 g/mol. The minimum atomic E-state index is -4.50. The third-order valence-electron chi connectivity index (χ3n) is 3.25. The third kappa shape index (κ3) is 3.59. The topological polar surface area (TPSA) is 62.0 Å². The molecule has 0 aliphatic heterocycles. The van der Waals surface area contributed by atoms with Crippen LogP contribution in [0, 0.1) is 11.3 Å². The van der Waals surface area contributed by atoms with E-state index in [4.69, 9.17) is 16.7 Å². The maximum Gasteiger partial charge on any atom is 0.395 e. The van der Waals surface area contributed by atoms with Gasteiger partial charge in [0.05, 0.1) is 11.8 Å². The van der Waals surface area contributed by atoms with E-state index in [9.17, 15) is 18.0 Å². The first-order valence-electron chi connectivity index (χ1n) is 5.79. The van der Waals surface area contributed by atoms with Crippen molar-refractivity contribution in [1.82, 2.24) is 0 Å². The number of carboxylic acids is 1. The highest BCUT2D eigenvalue weighted by Gasteiger charge is 2.68. The Morgan fingerprint density at radius 1 is 1.55 bits per heavy atom. The molecule has 0 aromatic carbocycles. The zero-order valence-corrected chi connectivity index (χ0v) is 11.5. The molecule has 4 nitrogen and oxygen atoms in total. The predicted octanol–water partition coefficient (Wildman–Crippen LogP) is 3.62. The molecule has 1 saturated carbocycles. The minimum absolute atomic E-state index is 0.132.